The second-order valence-electron chi connectivity index (χ2n) is 7.39. The number of phenols is 1. The van der Waals surface area contributed by atoms with Crippen LogP contribution in [0.3, 0.4) is 0 Å². The van der Waals surface area contributed by atoms with Crippen molar-refractivity contribution in [2.24, 2.45) is 7.05 Å². The van der Waals surface area contributed by atoms with Crippen molar-refractivity contribution < 1.29 is 9.84 Å². The lowest BCUT2D eigenvalue weighted by Gasteiger charge is -2.10. The summed E-state index contributed by atoms with van der Waals surface area (Å²) < 4.78 is 7.67. The van der Waals surface area contributed by atoms with Crippen molar-refractivity contribution in [2.75, 3.05) is 0 Å². The van der Waals surface area contributed by atoms with Crippen molar-refractivity contribution in [1.29, 1.82) is 0 Å². The molecule has 1 N–H and O–H groups in total. The number of rotatable bonds is 5. The van der Waals surface area contributed by atoms with Gasteiger partial charge in [0.2, 0.25) is 0 Å². The minimum Gasteiger partial charge on any atom is -0.507 e. The molecular formula is C25H23ClN2O2. The zero-order valence-electron chi connectivity index (χ0n) is 17.2. The average Bonchev–Trinajstić information content (AvgIpc) is 3.02. The summed E-state index contributed by atoms with van der Waals surface area (Å²) in [5, 5.41) is 16.1. The van der Waals surface area contributed by atoms with Crippen molar-refractivity contribution in [1.82, 2.24) is 9.78 Å². The highest BCUT2D eigenvalue weighted by Gasteiger charge is 2.19. The van der Waals surface area contributed by atoms with Gasteiger partial charge in [-0.2, -0.15) is 5.10 Å². The summed E-state index contributed by atoms with van der Waals surface area (Å²) >= 11 is 5.92. The number of hydrogen-bond donors (Lipinski definition) is 1. The van der Waals surface area contributed by atoms with E-state index in [1.165, 1.54) is 5.56 Å². The third-order valence-corrected chi connectivity index (χ3v) is 5.47. The zero-order chi connectivity index (χ0) is 21.3. The number of benzene rings is 3. The molecule has 30 heavy (non-hydrogen) atoms. The van der Waals surface area contributed by atoms with Crippen LogP contribution in [0.2, 0.25) is 5.02 Å². The van der Waals surface area contributed by atoms with Gasteiger partial charge in [-0.25, -0.2) is 0 Å². The normalized spacial score (nSPS) is 10.9. The summed E-state index contributed by atoms with van der Waals surface area (Å²) in [7, 11) is 1.91. The molecule has 0 amide bonds. The Bertz CT molecular complexity index is 1180. The van der Waals surface area contributed by atoms with Crippen LogP contribution in [0.25, 0.3) is 22.4 Å². The molecule has 1 heterocycles. The van der Waals surface area contributed by atoms with Crippen LogP contribution in [0.15, 0.2) is 66.7 Å². The fraction of sp³-hybridized carbons (Fsp3) is 0.160. The number of aryl methyl sites for hydroxylation is 2. The van der Waals surface area contributed by atoms with Gasteiger partial charge in [0.25, 0.3) is 0 Å². The average molecular weight is 419 g/mol. The SMILES string of the molecule is Cc1ccc(-c2c(-c3ccc(OCc4ccc(Cl)cc4)cc3O)nn(C)c2C)cc1. The Morgan fingerprint density at radius 2 is 1.67 bits per heavy atom. The topological polar surface area (TPSA) is 47.3 Å². The molecule has 0 atom stereocenters. The van der Waals surface area contributed by atoms with Gasteiger partial charge in [0, 0.05) is 35.0 Å². The van der Waals surface area contributed by atoms with Gasteiger partial charge in [0.05, 0.1) is 0 Å². The first-order valence-electron chi connectivity index (χ1n) is 9.73. The number of hydrogen-bond acceptors (Lipinski definition) is 3. The number of ether oxygens (including phenoxy) is 1. The van der Waals surface area contributed by atoms with Gasteiger partial charge in [-0.1, -0.05) is 53.6 Å². The van der Waals surface area contributed by atoms with Crippen LogP contribution in [0.4, 0.5) is 0 Å². The highest BCUT2D eigenvalue weighted by molar-refractivity contribution is 6.30. The van der Waals surface area contributed by atoms with Gasteiger partial charge in [-0.3, -0.25) is 4.68 Å². The zero-order valence-corrected chi connectivity index (χ0v) is 17.9. The highest BCUT2D eigenvalue weighted by atomic mass is 35.5. The van der Waals surface area contributed by atoms with E-state index in [0.29, 0.717) is 22.9 Å². The first-order valence-corrected chi connectivity index (χ1v) is 10.1. The Balaban J connectivity index is 1.64. The molecular weight excluding hydrogens is 396 g/mol. The molecule has 4 aromatic rings. The lowest BCUT2D eigenvalue weighted by Crippen LogP contribution is -1.95. The summed E-state index contributed by atoms with van der Waals surface area (Å²) in [6.07, 6.45) is 0. The number of aromatic hydroxyl groups is 1. The number of nitrogens with zero attached hydrogens (tertiary/aromatic N) is 2. The molecule has 0 aliphatic rings. The van der Waals surface area contributed by atoms with Gasteiger partial charge in [0.15, 0.2) is 0 Å². The van der Waals surface area contributed by atoms with Crippen LogP contribution in [0.1, 0.15) is 16.8 Å². The van der Waals surface area contributed by atoms with E-state index in [0.717, 1.165) is 28.1 Å². The Morgan fingerprint density at radius 1 is 0.967 bits per heavy atom. The minimum atomic E-state index is 0.134. The van der Waals surface area contributed by atoms with Crippen molar-refractivity contribution in [3.8, 4) is 33.9 Å². The summed E-state index contributed by atoms with van der Waals surface area (Å²) in [4.78, 5) is 0. The first kappa shape index (κ1) is 20.0. The van der Waals surface area contributed by atoms with Gasteiger partial charge in [-0.15, -0.1) is 0 Å². The molecule has 152 valence electrons. The van der Waals surface area contributed by atoms with Crippen LogP contribution < -0.4 is 4.74 Å². The van der Waals surface area contributed by atoms with E-state index < -0.39 is 0 Å². The Morgan fingerprint density at radius 3 is 2.33 bits per heavy atom. The molecule has 0 fully saturated rings. The highest BCUT2D eigenvalue weighted by Crippen LogP contribution is 2.39. The maximum absolute atomic E-state index is 10.7. The van der Waals surface area contributed by atoms with E-state index in [9.17, 15) is 5.11 Å². The Hall–Kier alpha value is -3.24. The van der Waals surface area contributed by atoms with Gasteiger partial charge < -0.3 is 9.84 Å². The second kappa shape index (κ2) is 8.25. The first-order chi connectivity index (χ1) is 14.4. The molecule has 0 unspecified atom stereocenters. The largest absolute Gasteiger partial charge is 0.507 e. The molecule has 0 saturated carbocycles. The predicted octanol–water partition coefficient (Wildman–Crippen LogP) is 6.31. The smallest absolute Gasteiger partial charge is 0.128 e. The molecule has 1 aromatic heterocycles. The molecule has 0 saturated heterocycles. The molecule has 0 radical (unpaired) electrons. The van der Waals surface area contributed by atoms with E-state index >= 15 is 0 Å². The quantitative estimate of drug-likeness (QED) is 0.413. The molecule has 5 heteroatoms. The third kappa shape index (κ3) is 4.05. The van der Waals surface area contributed by atoms with Crippen molar-refractivity contribution in [2.45, 2.75) is 20.5 Å². The monoisotopic (exact) mass is 418 g/mol. The molecule has 4 rings (SSSR count). The number of phenolic OH excluding ortho intramolecular Hbond substituents is 1. The molecule has 0 spiro atoms. The van der Waals surface area contributed by atoms with E-state index in [4.69, 9.17) is 16.3 Å². The summed E-state index contributed by atoms with van der Waals surface area (Å²) in [5.74, 6) is 0.728. The summed E-state index contributed by atoms with van der Waals surface area (Å²) in [6, 6.07) is 21.2. The molecule has 3 aromatic carbocycles. The Labute approximate surface area is 181 Å². The summed E-state index contributed by atoms with van der Waals surface area (Å²) in [6.45, 7) is 4.50. The lowest BCUT2D eigenvalue weighted by atomic mass is 9.98. The van der Waals surface area contributed by atoms with Crippen LogP contribution >= 0.6 is 11.6 Å². The summed E-state index contributed by atoms with van der Waals surface area (Å²) in [5.41, 5.74) is 6.76. The van der Waals surface area contributed by atoms with Gasteiger partial charge in [-0.05, 0) is 49.2 Å². The van der Waals surface area contributed by atoms with Crippen LogP contribution in [0, 0.1) is 13.8 Å². The molecule has 4 nitrogen and oxygen atoms in total. The standard InChI is InChI=1S/C25H23ClN2O2/c1-16-4-8-19(9-5-16)24-17(2)28(3)27-25(24)22-13-12-21(14-23(22)29)30-15-18-6-10-20(26)11-7-18/h4-14,29H,15H2,1-3H3. The van der Waals surface area contributed by atoms with Crippen LogP contribution in [-0.4, -0.2) is 14.9 Å². The van der Waals surface area contributed by atoms with E-state index in [2.05, 4.69) is 36.3 Å². The van der Waals surface area contributed by atoms with E-state index in [1.807, 2.05) is 55.1 Å². The maximum Gasteiger partial charge on any atom is 0.128 e. The molecule has 0 aliphatic carbocycles. The van der Waals surface area contributed by atoms with Gasteiger partial charge >= 0.3 is 0 Å². The number of halogens is 1. The van der Waals surface area contributed by atoms with Crippen LogP contribution in [0.5, 0.6) is 11.5 Å². The minimum absolute atomic E-state index is 0.134. The Kier molecular flexibility index (Phi) is 5.51. The van der Waals surface area contributed by atoms with E-state index in [1.54, 1.807) is 6.07 Å². The van der Waals surface area contributed by atoms with Gasteiger partial charge in [0.1, 0.15) is 23.8 Å². The van der Waals surface area contributed by atoms with Crippen molar-refractivity contribution in [3.63, 3.8) is 0 Å². The predicted molar refractivity (Wildman–Crippen MR) is 121 cm³/mol. The second-order valence-corrected chi connectivity index (χ2v) is 7.83. The van der Waals surface area contributed by atoms with Crippen molar-refractivity contribution >= 4 is 11.6 Å². The lowest BCUT2D eigenvalue weighted by molar-refractivity contribution is 0.304. The fourth-order valence-electron chi connectivity index (χ4n) is 3.41. The molecule has 0 bridgehead atoms. The maximum atomic E-state index is 10.7. The third-order valence-electron chi connectivity index (χ3n) is 5.22. The molecule has 0 aliphatic heterocycles. The van der Waals surface area contributed by atoms with Crippen LogP contribution in [-0.2, 0) is 13.7 Å². The fourth-order valence-corrected chi connectivity index (χ4v) is 3.54. The number of aromatic nitrogens is 2. The van der Waals surface area contributed by atoms with E-state index in [-0.39, 0.29) is 5.75 Å². The van der Waals surface area contributed by atoms with Crippen molar-refractivity contribution in [3.05, 3.63) is 88.6 Å².